The molecule has 0 aliphatic carbocycles. The molecule has 0 atom stereocenters. The molecule has 0 aliphatic rings. The Labute approximate surface area is 102 Å². The number of aryl methyl sites for hydroxylation is 1. The summed E-state index contributed by atoms with van der Waals surface area (Å²) in [5.41, 5.74) is 0. The van der Waals surface area contributed by atoms with Crippen molar-refractivity contribution < 1.29 is 0 Å². The molecule has 0 bridgehead atoms. The third-order valence-corrected chi connectivity index (χ3v) is 4.03. The lowest BCUT2D eigenvalue weighted by Crippen LogP contribution is -1.83. The van der Waals surface area contributed by atoms with E-state index in [0.29, 0.717) is 0 Å². The molecule has 1 aromatic heterocycles. The first-order chi connectivity index (χ1) is 7.93. The fraction of sp³-hybridized carbons (Fsp3) is 0.786. The first-order valence-electron chi connectivity index (χ1n) is 6.92. The quantitative estimate of drug-likeness (QED) is 0.506. The minimum Gasteiger partial charge on any atom is -0.344 e. The van der Waals surface area contributed by atoms with Crippen LogP contribution in [-0.4, -0.2) is 4.75 Å². The highest BCUT2D eigenvalue weighted by molar-refractivity contribution is 7.26. The summed E-state index contributed by atoms with van der Waals surface area (Å²) in [6.07, 6.45) is 16.2. The average molecular weight is 239 g/mol. The zero-order valence-electron chi connectivity index (χ0n) is 10.7. The van der Waals surface area contributed by atoms with Crippen LogP contribution in [0.25, 0.3) is 0 Å². The molecule has 1 nitrogen and oxygen atoms in total. The zero-order chi connectivity index (χ0) is 11.5. The van der Waals surface area contributed by atoms with Crippen LogP contribution in [0.1, 0.15) is 70.0 Å². The van der Waals surface area contributed by atoms with Gasteiger partial charge in [0.05, 0.1) is 0 Å². The molecule has 92 valence electrons. The van der Waals surface area contributed by atoms with Crippen molar-refractivity contribution in [2.75, 3.05) is 0 Å². The van der Waals surface area contributed by atoms with Gasteiger partial charge in [-0.1, -0.05) is 58.3 Å². The molecule has 16 heavy (non-hydrogen) atoms. The van der Waals surface area contributed by atoms with E-state index in [1.165, 1.54) is 72.6 Å². The summed E-state index contributed by atoms with van der Waals surface area (Å²) in [6, 6.07) is 2.23. The molecular formula is C14H26NP. The molecule has 0 saturated carbocycles. The standard InChI is InChI=1S/C14H26NP/c1-2-3-4-5-6-7-8-9-10-11-14-12-13-15-16-14/h12-13,15H,2-11H2,1H3. The van der Waals surface area contributed by atoms with Crippen molar-refractivity contribution in [3.05, 3.63) is 17.6 Å². The summed E-state index contributed by atoms with van der Waals surface area (Å²) < 4.78 is 3.21. The van der Waals surface area contributed by atoms with Gasteiger partial charge in [-0.3, -0.25) is 0 Å². The van der Waals surface area contributed by atoms with Crippen molar-refractivity contribution in [2.45, 2.75) is 71.1 Å². The van der Waals surface area contributed by atoms with Crippen LogP contribution in [0.5, 0.6) is 0 Å². The van der Waals surface area contributed by atoms with Crippen molar-refractivity contribution in [3.8, 4) is 0 Å². The van der Waals surface area contributed by atoms with E-state index in [0.717, 1.165) is 0 Å². The van der Waals surface area contributed by atoms with E-state index >= 15 is 0 Å². The molecule has 2 heteroatoms. The first kappa shape index (κ1) is 13.8. The summed E-state index contributed by atoms with van der Waals surface area (Å²) in [7, 11) is 1.32. The van der Waals surface area contributed by atoms with Crippen molar-refractivity contribution in [3.63, 3.8) is 0 Å². The molecule has 1 rings (SSSR count). The van der Waals surface area contributed by atoms with E-state index in [9.17, 15) is 0 Å². The van der Waals surface area contributed by atoms with Gasteiger partial charge in [-0.2, -0.15) is 0 Å². The van der Waals surface area contributed by atoms with Crippen LogP contribution >= 0.6 is 8.35 Å². The van der Waals surface area contributed by atoms with Crippen LogP contribution < -0.4 is 0 Å². The van der Waals surface area contributed by atoms with E-state index in [-0.39, 0.29) is 0 Å². The van der Waals surface area contributed by atoms with Crippen LogP contribution in [0.4, 0.5) is 0 Å². The van der Waals surface area contributed by atoms with Gasteiger partial charge in [-0.25, -0.2) is 0 Å². The largest absolute Gasteiger partial charge is 0.344 e. The Morgan fingerprint density at radius 2 is 1.56 bits per heavy atom. The summed E-state index contributed by atoms with van der Waals surface area (Å²) in [5, 5.41) is 1.56. The van der Waals surface area contributed by atoms with Crippen molar-refractivity contribution >= 4 is 8.35 Å². The number of hydrogen-bond donors (Lipinski definition) is 1. The molecule has 1 N–H and O–H groups in total. The normalized spacial score (nSPS) is 11.3. The smallest absolute Gasteiger partial charge is 0.0139 e. The molecular weight excluding hydrogens is 213 g/mol. The molecule has 0 fully saturated rings. The van der Waals surface area contributed by atoms with Crippen molar-refractivity contribution in [1.29, 1.82) is 0 Å². The number of hydrogen-bond acceptors (Lipinski definition) is 0. The van der Waals surface area contributed by atoms with Gasteiger partial charge in [0.2, 0.25) is 0 Å². The summed E-state index contributed by atoms with van der Waals surface area (Å²) in [4.78, 5) is 0. The van der Waals surface area contributed by atoms with E-state index in [4.69, 9.17) is 0 Å². The zero-order valence-corrected chi connectivity index (χ0v) is 11.6. The van der Waals surface area contributed by atoms with Crippen molar-refractivity contribution in [2.24, 2.45) is 0 Å². The van der Waals surface area contributed by atoms with Crippen LogP contribution in [0.3, 0.4) is 0 Å². The maximum Gasteiger partial charge on any atom is 0.0139 e. The van der Waals surface area contributed by atoms with Gasteiger partial charge in [-0.15, -0.1) is 0 Å². The Hall–Kier alpha value is -0.290. The van der Waals surface area contributed by atoms with E-state index < -0.39 is 0 Å². The lowest BCUT2D eigenvalue weighted by atomic mass is 10.1. The monoisotopic (exact) mass is 239 g/mol. The summed E-state index contributed by atoms with van der Waals surface area (Å²) >= 11 is 0. The highest BCUT2D eigenvalue weighted by atomic mass is 31.0. The molecule has 1 aromatic rings. The van der Waals surface area contributed by atoms with Gasteiger partial charge in [0, 0.05) is 14.5 Å². The van der Waals surface area contributed by atoms with Crippen LogP contribution in [0.2, 0.25) is 0 Å². The highest BCUT2D eigenvalue weighted by Crippen LogP contribution is 2.15. The summed E-state index contributed by atoms with van der Waals surface area (Å²) in [6.45, 7) is 2.28. The van der Waals surface area contributed by atoms with E-state index in [2.05, 4.69) is 23.9 Å². The van der Waals surface area contributed by atoms with Gasteiger partial charge in [0.25, 0.3) is 0 Å². The van der Waals surface area contributed by atoms with Crippen LogP contribution in [0, 0.1) is 0 Å². The first-order valence-corrected chi connectivity index (χ1v) is 7.81. The van der Waals surface area contributed by atoms with Gasteiger partial charge < -0.3 is 4.75 Å². The second-order valence-corrected chi connectivity index (χ2v) is 5.70. The Kier molecular flexibility index (Phi) is 8.52. The van der Waals surface area contributed by atoms with Gasteiger partial charge >= 0.3 is 0 Å². The molecule has 0 radical (unpaired) electrons. The number of nitrogens with one attached hydrogen (secondary N) is 1. The maximum absolute atomic E-state index is 3.21. The minimum absolute atomic E-state index is 1.29. The topological polar surface area (TPSA) is 15.8 Å². The molecule has 0 aliphatic heterocycles. The highest BCUT2D eigenvalue weighted by Gasteiger charge is 1.94. The molecule has 0 saturated heterocycles. The van der Waals surface area contributed by atoms with E-state index in [1.807, 2.05) is 0 Å². The SMILES string of the molecule is CCCCCCCCCCCc1cc[nH]p1. The summed E-state index contributed by atoms with van der Waals surface area (Å²) in [5.74, 6) is 0. The van der Waals surface area contributed by atoms with Crippen LogP contribution in [-0.2, 0) is 6.42 Å². The molecule has 0 spiro atoms. The fourth-order valence-corrected chi connectivity index (χ4v) is 2.78. The van der Waals surface area contributed by atoms with Gasteiger partial charge in [-0.05, 0) is 24.2 Å². The van der Waals surface area contributed by atoms with Crippen molar-refractivity contribution in [1.82, 2.24) is 4.75 Å². The Morgan fingerprint density at radius 1 is 0.938 bits per heavy atom. The minimum atomic E-state index is 1.29. The Balaban J connectivity index is 1.78. The predicted octanol–water partition coefficient (Wildman–Crippen LogP) is 5.67. The van der Waals surface area contributed by atoms with Gasteiger partial charge in [0.1, 0.15) is 0 Å². The number of aromatic amines is 1. The molecule has 0 amide bonds. The second-order valence-electron chi connectivity index (χ2n) is 4.64. The molecule has 0 unspecified atom stereocenters. The number of aromatic nitrogens is 1. The molecule has 0 aromatic carbocycles. The predicted molar refractivity (Wildman–Crippen MR) is 74.2 cm³/mol. The Bertz CT molecular complexity index is 231. The third kappa shape index (κ3) is 7.06. The second kappa shape index (κ2) is 9.90. The lowest BCUT2D eigenvalue weighted by Gasteiger charge is -2.01. The third-order valence-electron chi connectivity index (χ3n) is 3.09. The number of H-pyrrole nitrogens is 1. The number of unbranched alkanes of at least 4 members (excludes halogenated alkanes) is 8. The fourth-order valence-electron chi connectivity index (χ4n) is 2.05. The molecule has 1 heterocycles. The maximum atomic E-state index is 3.21. The lowest BCUT2D eigenvalue weighted by molar-refractivity contribution is 0.565. The van der Waals surface area contributed by atoms with E-state index in [1.54, 1.807) is 5.30 Å². The van der Waals surface area contributed by atoms with Crippen LogP contribution in [0.15, 0.2) is 12.3 Å². The number of rotatable bonds is 10. The average Bonchev–Trinajstić information content (AvgIpc) is 2.80. The van der Waals surface area contributed by atoms with Gasteiger partial charge in [0.15, 0.2) is 0 Å². The Morgan fingerprint density at radius 3 is 2.12 bits per heavy atom.